The Morgan fingerprint density at radius 2 is 1.88 bits per heavy atom. The molecule has 1 atom stereocenters. The van der Waals surface area contributed by atoms with Crippen molar-refractivity contribution < 1.29 is 0 Å². The molecule has 0 bridgehead atoms. The Bertz CT molecular complexity index is 418. The third-order valence-corrected chi connectivity index (χ3v) is 3.33. The molecule has 90 valence electrons. The van der Waals surface area contributed by atoms with Crippen LogP contribution in [0.3, 0.4) is 0 Å². The lowest BCUT2D eigenvalue weighted by atomic mass is 9.88. The molecule has 1 aromatic carbocycles. The lowest BCUT2D eigenvalue weighted by Crippen LogP contribution is -2.00. The van der Waals surface area contributed by atoms with E-state index in [9.17, 15) is 0 Å². The first-order chi connectivity index (χ1) is 8.15. The van der Waals surface area contributed by atoms with Crippen LogP contribution in [0.25, 0.3) is 0 Å². The van der Waals surface area contributed by atoms with E-state index in [1.54, 1.807) is 0 Å². The van der Waals surface area contributed by atoms with Gasteiger partial charge >= 0.3 is 0 Å². The van der Waals surface area contributed by atoms with Crippen LogP contribution in [0.5, 0.6) is 0 Å². The van der Waals surface area contributed by atoms with Crippen molar-refractivity contribution in [1.29, 1.82) is 0 Å². The van der Waals surface area contributed by atoms with E-state index in [0.29, 0.717) is 5.92 Å². The minimum absolute atomic E-state index is 0.575. The number of aryl methyl sites for hydroxylation is 1. The number of benzene rings is 1. The number of hydrogen-bond acceptors (Lipinski definition) is 0. The summed E-state index contributed by atoms with van der Waals surface area (Å²) in [6.07, 6.45) is 9.44. The summed E-state index contributed by atoms with van der Waals surface area (Å²) in [6.45, 7) is 6.70. The molecule has 0 spiro atoms. The molecule has 0 heterocycles. The molecule has 0 N–H and O–H groups in total. The fourth-order valence-corrected chi connectivity index (χ4v) is 2.35. The summed E-state index contributed by atoms with van der Waals surface area (Å²) in [4.78, 5) is 0. The summed E-state index contributed by atoms with van der Waals surface area (Å²) in [5.74, 6) is 1.33. The van der Waals surface area contributed by atoms with Crippen molar-refractivity contribution in [3.8, 4) is 0 Å². The summed E-state index contributed by atoms with van der Waals surface area (Å²) in [6, 6.07) is 8.92. The van der Waals surface area contributed by atoms with Crippen LogP contribution in [0.15, 0.2) is 48.1 Å². The molecule has 1 unspecified atom stereocenters. The smallest absolute Gasteiger partial charge is 0.00559 e. The first kappa shape index (κ1) is 12.2. The van der Waals surface area contributed by atoms with Gasteiger partial charge in [-0.2, -0.15) is 0 Å². The Labute approximate surface area is 105 Å². The molecule has 1 aliphatic rings. The van der Waals surface area contributed by atoms with Crippen molar-refractivity contribution in [3.63, 3.8) is 0 Å². The van der Waals surface area contributed by atoms with Crippen LogP contribution in [-0.4, -0.2) is 0 Å². The Hall–Kier alpha value is -1.30. The standard InChI is InChI=1S/C17H22/c1-13(2)12-15-6-10-17(11-7-15)16-8-4-14(3)5-9-16/h4-10,13,17H,11-12H2,1-3H3. The molecule has 0 aliphatic heterocycles. The van der Waals surface area contributed by atoms with Crippen LogP contribution in [0, 0.1) is 12.8 Å². The van der Waals surface area contributed by atoms with Crippen LogP contribution < -0.4 is 0 Å². The zero-order valence-corrected chi connectivity index (χ0v) is 11.1. The molecule has 0 heteroatoms. The molecule has 0 saturated heterocycles. The maximum Gasteiger partial charge on any atom is 0.00559 e. The largest absolute Gasteiger partial charge is 0.0804 e. The monoisotopic (exact) mass is 226 g/mol. The minimum atomic E-state index is 0.575. The second-order valence-corrected chi connectivity index (χ2v) is 5.49. The first-order valence-corrected chi connectivity index (χ1v) is 6.59. The zero-order chi connectivity index (χ0) is 12.3. The molecule has 0 radical (unpaired) electrons. The lowest BCUT2D eigenvalue weighted by Gasteiger charge is -2.17. The van der Waals surface area contributed by atoms with Crippen LogP contribution in [-0.2, 0) is 0 Å². The normalized spacial score (nSPS) is 19.5. The van der Waals surface area contributed by atoms with E-state index in [4.69, 9.17) is 0 Å². The van der Waals surface area contributed by atoms with Gasteiger partial charge in [0.05, 0.1) is 0 Å². The number of rotatable bonds is 3. The summed E-state index contributed by atoms with van der Waals surface area (Å²) < 4.78 is 0. The molecule has 0 saturated carbocycles. The first-order valence-electron chi connectivity index (χ1n) is 6.59. The van der Waals surface area contributed by atoms with E-state index in [1.165, 1.54) is 23.1 Å². The van der Waals surface area contributed by atoms with Crippen LogP contribution in [0.1, 0.15) is 43.7 Å². The molecular weight excluding hydrogens is 204 g/mol. The van der Waals surface area contributed by atoms with Gasteiger partial charge in [0, 0.05) is 5.92 Å². The third-order valence-electron chi connectivity index (χ3n) is 3.33. The Balaban J connectivity index is 2.02. The molecule has 0 nitrogen and oxygen atoms in total. The summed E-state index contributed by atoms with van der Waals surface area (Å²) in [7, 11) is 0. The van der Waals surface area contributed by atoms with Crippen LogP contribution in [0.4, 0.5) is 0 Å². The average molecular weight is 226 g/mol. The average Bonchev–Trinajstić information content (AvgIpc) is 2.30. The summed E-state index contributed by atoms with van der Waals surface area (Å²) in [5.41, 5.74) is 4.28. The van der Waals surface area contributed by atoms with Gasteiger partial charge < -0.3 is 0 Å². The van der Waals surface area contributed by atoms with Crippen molar-refractivity contribution in [2.45, 2.75) is 39.5 Å². The number of hydrogen-bond donors (Lipinski definition) is 0. The van der Waals surface area contributed by atoms with E-state index in [1.807, 2.05) is 0 Å². The second kappa shape index (κ2) is 5.35. The predicted octanol–water partition coefficient (Wildman–Crippen LogP) is 5.01. The van der Waals surface area contributed by atoms with Gasteiger partial charge in [0.1, 0.15) is 0 Å². The van der Waals surface area contributed by atoms with Gasteiger partial charge in [-0.05, 0) is 31.2 Å². The fourth-order valence-electron chi connectivity index (χ4n) is 2.35. The van der Waals surface area contributed by atoms with Crippen molar-refractivity contribution in [2.24, 2.45) is 5.92 Å². The topological polar surface area (TPSA) is 0 Å². The van der Waals surface area contributed by atoms with E-state index >= 15 is 0 Å². The molecule has 17 heavy (non-hydrogen) atoms. The van der Waals surface area contributed by atoms with Crippen molar-refractivity contribution in [3.05, 3.63) is 59.2 Å². The van der Waals surface area contributed by atoms with E-state index < -0.39 is 0 Å². The minimum Gasteiger partial charge on any atom is -0.0804 e. The van der Waals surface area contributed by atoms with Gasteiger partial charge in [-0.1, -0.05) is 67.5 Å². The van der Waals surface area contributed by atoms with E-state index in [-0.39, 0.29) is 0 Å². The highest BCUT2D eigenvalue weighted by Crippen LogP contribution is 2.28. The quantitative estimate of drug-likeness (QED) is 0.679. The predicted molar refractivity (Wildman–Crippen MR) is 75.2 cm³/mol. The number of allylic oxidation sites excluding steroid dienone is 4. The highest BCUT2D eigenvalue weighted by molar-refractivity contribution is 5.34. The second-order valence-electron chi connectivity index (χ2n) is 5.49. The van der Waals surface area contributed by atoms with Gasteiger partial charge in [0.15, 0.2) is 0 Å². The molecule has 0 fully saturated rings. The van der Waals surface area contributed by atoms with Crippen molar-refractivity contribution >= 4 is 0 Å². The highest BCUT2D eigenvalue weighted by Gasteiger charge is 2.11. The molecule has 1 aromatic rings. The molecule has 1 aliphatic carbocycles. The summed E-state index contributed by atoms with van der Waals surface area (Å²) >= 11 is 0. The Kier molecular flexibility index (Phi) is 3.83. The molecule has 0 aromatic heterocycles. The summed E-state index contributed by atoms with van der Waals surface area (Å²) in [5, 5.41) is 0. The molecule has 0 amide bonds. The Morgan fingerprint density at radius 1 is 1.18 bits per heavy atom. The van der Waals surface area contributed by atoms with Gasteiger partial charge in [-0.3, -0.25) is 0 Å². The van der Waals surface area contributed by atoms with E-state index in [2.05, 4.69) is 63.3 Å². The van der Waals surface area contributed by atoms with E-state index in [0.717, 1.165) is 12.3 Å². The van der Waals surface area contributed by atoms with Crippen LogP contribution in [0.2, 0.25) is 0 Å². The van der Waals surface area contributed by atoms with Crippen molar-refractivity contribution in [2.75, 3.05) is 0 Å². The lowest BCUT2D eigenvalue weighted by molar-refractivity contribution is 0.643. The van der Waals surface area contributed by atoms with Gasteiger partial charge in [0.25, 0.3) is 0 Å². The maximum atomic E-state index is 2.41. The van der Waals surface area contributed by atoms with Crippen LogP contribution >= 0.6 is 0 Å². The Morgan fingerprint density at radius 3 is 2.41 bits per heavy atom. The molecular formula is C17H22. The zero-order valence-electron chi connectivity index (χ0n) is 11.1. The van der Waals surface area contributed by atoms with Gasteiger partial charge in [-0.15, -0.1) is 0 Å². The van der Waals surface area contributed by atoms with Gasteiger partial charge in [0.2, 0.25) is 0 Å². The molecule has 2 rings (SSSR count). The SMILES string of the molecule is Cc1ccc(C2C=CC(CC(C)C)=CC2)cc1. The maximum absolute atomic E-state index is 2.41. The fraction of sp³-hybridized carbons (Fsp3) is 0.412. The van der Waals surface area contributed by atoms with Gasteiger partial charge in [-0.25, -0.2) is 0 Å². The van der Waals surface area contributed by atoms with Crippen molar-refractivity contribution in [1.82, 2.24) is 0 Å². The third kappa shape index (κ3) is 3.33. The highest BCUT2D eigenvalue weighted by atomic mass is 14.2.